The summed E-state index contributed by atoms with van der Waals surface area (Å²) in [7, 11) is 1.67. The van der Waals surface area contributed by atoms with Crippen molar-refractivity contribution in [1.82, 2.24) is 0 Å². The van der Waals surface area contributed by atoms with Crippen LogP contribution in [0.3, 0.4) is 0 Å². The molecule has 1 N–H and O–H groups in total. The molecular weight excluding hydrogens is 188 g/mol. The molecule has 0 spiro atoms. The predicted molar refractivity (Wildman–Crippen MR) is 59.6 cm³/mol. The summed E-state index contributed by atoms with van der Waals surface area (Å²) in [5.41, 5.74) is 2.71. The number of fused-ring (bicyclic) bond motifs is 3. The van der Waals surface area contributed by atoms with Crippen molar-refractivity contribution in [2.45, 2.75) is 12.8 Å². The van der Waals surface area contributed by atoms with Crippen LogP contribution in [0.4, 0.5) is 0 Å². The molecular formula is C13H12O2. The first-order valence-electron chi connectivity index (χ1n) is 5.11. The van der Waals surface area contributed by atoms with Crippen LogP contribution in [0, 0.1) is 0 Å². The summed E-state index contributed by atoms with van der Waals surface area (Å²) in [5, 5.41) is 11.8. The van der Waals surface area contributed by atoms with Crippen molar-refractivity contribution >= 4 is 10.8 Å². The third-order valence-corrected chi connectivity index (χ3v) is 3.19. The molecule has 15 heavy (non-hydrogen) atoms. The van der Waals surface area contributed by atoms with Crippen LogP contribution in [-0.2, 0) is 12.8 Å². The first-order valence-corrected chi connectivity index (χ1v) is 5.11. The van der Waals surface area contributed by atoms with Crippen molar-refractivity contribution in [3.05, 3.63) is 35.4 Å². The number of phenolic OH excluding ortho intramolecular Hbond substituents is 1. The highest BCUT2D eigenvalue weighted by atomic mass is 16.5. The third kappa shape index (κ3) is 1.05. The van der Waals surface area contributed by atoms with E-state index in [-0.39, 0.29) is 0 Å². The Bertz CT molecular complexity index is 544. The monoisotopic (exact) mass is 200 g/mol. The molecule has 2 aromatic carbocycles. The van der Waals surface area contributed by atoms with Crippen LogP contribution in [0.2, 0.25) is 0 Å². The van der Waals surface area contributed by atoms with Crippen LogP contribution >= 0.6 is 0 Å². The summed E-state index contributed by atoms with van der Waals surface area (Å²) in [6.45, 7) is 0. The first-order chi connectivity index (χ1) is 7.31. The summed E-state index contributed by atoms with van der Waals surface area (Å²) in [5.74, 6) is 1.19. The second-order valence-corrected chi connectivity index (χ2v) is 3.91. The molecule has 0 saturated heterocycles. The highest BCUT2D eigenvalue weighted by molar-refractivity contribution is 5.97. The Kier molecular flexibility index (Phi) is 1.66. The molecule has 1 aliphatic carbocycles. The number of methoxy groups -OCH3 is 1. The molecule has 2 heteroatoms. The lowest BCUT2D eigenvalue weighted by atomic mass is 9.84. The SMILES string of the molecule is COc1ccc(O)c2ccc3c(c12)CC3. The van der Waals surface area contributed by atoms with Gasteiger partial charge in [0.1, 0.15) is 11.5 Å². The van der Waals surface area contributed by atoms with E-state index in [0.29, 0.717) is 5.75 Å². The third-order valence-electron chi connectivity index (χ3n) is 3.19. The van der Waals surface area contributed by atoms with Gasteiger partial charge in [-0.3, -0.25) is 0 Å². The van der Waals surface area contributed by atoms with Gasteiger partial charge in [0.25, 0.3) is 0 Å². The number of aryl methyl sites for hydroxylation is 2. The van der Waals surface area contributed by atoms with E-state index in [2.05, 4.69) is 6.07 Å². The molecule has 2 nitrogen and oxygen atoms in total. The Morgan fingerprint density at radius 2 is 2.00 bits per heavy atom. The van der Waals surface area contributed by atoms with Gasteiger partial charge in [-0.2, -0.15) is 0 Å². The van der Waals surface area contributed by atoms with Crippen LogP contribution in [-0.4, -0.2) is 12.2 Å². The van der Waals surface area contributed by atoms with E-state index in [1.165, 1.54) is 11.1 Å². The molecule has 76 valence electrons. The number of hydrogen-bond donors (Lipinski definition) is 1. The van der Waals surface area contributed by atoms with Gasteiger partial charge in [-0.15, -0.1) is 0 Å². The zero-order chi connectivity index (χ0) is 10.4. The van der Waals surface area contributed by atoms with E-state index in [0.717, 1.165) is 29.4 Å². The standard InChI is InChI=1S/C13H12O2/c1-15-12-7-6-11(14)10-5-3-8-2-4-9(8)13(10)12/h3,5-7,14H,2,4H2,1H3. The van der Waals surface area contributed by atoms with Crippen molar-refractivity contribution in [3.63, 3.8) is 0 Å². The first kappa shape index (κ1) is 8.60. The second kappa shape index (κ2) is 2.89. The molecule has 0 aliphatic heterocycles. The molecule has 0 atom stereocenters. The number of phenols is 1. The summed E-state index contributed by atoms with van der Waals surface area (Å²) in [4.78, 5) is 0. The fourth-order valence-corrected chi connectivity index (χ4v) is 2.29. The minimum Gasteiger partial charge on any atom is -0.507 e. The maximum absolute atomic E-state index is 9.78. The van der Waals surface area contributed by atoms with Gasteiger partial charge in [-0.1, -0.05) is 12.1 Å². The van der Waals surface area contributed by atoms with E-state index in [4.69, 9.17) is 4.74 Å². The molecule has 2 aromatic rings. The molecule has 0 fully saturated rings. The summed E-state index contributed by atoms with van der Waals surface area (Å²) >= 11 is 0. The van der Waals surface area contributed by atoms with Crippen molar-refractivity contribution in [2.75, 3.05) is 7.11 Å². The molecule has 0 bridgehead atoms. The van der Waals surface area contributed by atoms with Crippen LogP contribution < -0.4 is 4.74 Å². The quantitative estimate of drug-likeness (QED) is 0.766. The number of benzene rings is 2. The normalized spacial score (nSPS) is 13.4. The molecule has 0 heterocycles. The number of ether oxygens (including phenoxy) is 1. The highest BCUT2D eigenvalue weighted by Gasteiger charge is 2.19. The van der Waals surface area contributed by atoms with Gasteiger partial charge in [-0.25, -0.2) is 0 Å². The zero-order valence-electron chi connectivity index (χ0n) is 8.58. The molecule has 0 amide bonds. The van der Waals surface area contributed by atoms with Crippen LogP contribution in [0.5, 0.6) is 11.5 Å². The maximum atomic E-state index is 9.78. The maximum Gasteiger partial charge on any atom is 0.127 e. The number of rotatable bonds is 1. The Morgan fingerprint density at radius 1 is 1.13 bits per heavy atom. The lowest BCUT2D eigenvalue weighted by Crippen LogP contribution is -2.09. The average Bonchev–Trinajstić information content (AvgIpc) is 2.20. The van der Waals surface area contributed by atoms with Gasteiger partial charge >= 0.3 is 0 Å². The van der Waals surface area contributed by atoms with Gasteiger partial charge in [-0.05, 0) is 36.1 Å². The van der Waals surface area contributed by atoms with E-state index in [9.17, 15) is 5.11 Å². The smallest absolute Gasteiger partial charge is 0.127 e. The van der Waals surface area contributed by atoms with Crippen molar-refractivity contribution in [3.8, 4) is 11.5 Å². The average molecular weight is 200 g/mol. The molecule has 0 aromatic heterocycles. The Hall–Kier alpha value is -1.70. The Labute approximate surface area is 88.1 Å². The summed E-state index contributed by atoms with van der Waals surface area (Å²) in [6, 6.07) is 7.59. The van der Waals surface area contributed by atoms with Gasteiger partial charge in [0, 0.05) is 10.8 Å². The van der Waals surface area contributed by atoms with Crippen molar-refractivity contribution < 1.29 is 9.84 Å². The molecule has 3 rings (SSSR count). The lowest BCUT2D eigenvalue weighted by molar-refractivity contribution is 0.417. The van der Waals surface area contributed by atoms with E-state index < -0.39 is 0 Å². The fourth-order valence-electron chi connectivity index (χ4n) is 2.29. The molecule has 0 unspecified atom stereocenters. The van der Waals surface area contributed by atoms with Crippen LogP contribution in [0.15, 0.2) is 24.3 Å². The lowest BCUT2D eigenvalue weighted by Gasteiger charge is -2.22. The van der Waals surface area contributed by atoms with Crippen LogP contribution in [0.25, 0.3) is 10.8 Å². The summed E-state index contributed by atoms with van der Waals surface area (Å²) < 4.78 is 5.34. The van der Waals surface area contributed by atoms with Crippen molar-refractivity contribution in [1.29, 1.82) is 0 Å². The topological polar surface area (TPSA) is 29.5 Å². The van der Waals surface area contributed by atoms with Crippen LogP contribution in [0.1, 0.15) is 11.1 Å². The van der Waals surface area contributed by atoms with E-state index >= 15 is 0 Å². The second-order valence-electron chi connectivity index (χ2n) is 3.91. The Balaban J connectivity index is 2.47. The number of hydrogen-bond acceptors (Lipinski definition) is 2. The zero-order valence-corrected chi connectivity index (χ0v) is 8.58. The fraction of sp³-hybridized carbons (Fsp3) is 0.231. The van der Waals surface area contributed by atoms with E-state index in [1.807, 2.05) is 12.1 Å². The van der Waals surface area contributed by atoms with E-state index in [1.54, 1.807) is 13.2 Å². The molecule has 0 radical (unpaired) electrons. The van der Waals surface area contributed by atoms with Gasteiger partial charge in [0.15, 0.2) is 0 Å². The van der Waals surface area contributed by atoms with Gasteiger partial charge < -0.3 is 9.84 Å². The minimum absolute atomic E-state index is 0.334. The largest absolute Gasteiger partial charge is 0.507 e. The number of aromatic hydroxyl groups is 1. The van der Waals surface area contributed by atoms with Crippen molar-refractivity contribution in [2.24, 2.45) is 0 Å². The molecule has 0 saturated carbocycles. The molecule has 1 aliphatic rings. The highest BCUT2D eigenvalue weighted by Crippen LogP contribution is 2.40. The van der Waals surface area contributed by atoms with Gasteiger partial charge in [0.05, 0.1) is 7.11 Å². The Morgan fingerprint density at radius 3 is 2.67 bits per heavy atom. The minimum atomic E-state index is 0.334. The summed E-state index contributed by atoms with van der Waals surface area (Å²) in [6.07, 6.45) is 2.23. The van der Waals surface area contributed by atoms with Gasteiger partial charge in [0.2, 0.25) is 0 Å². The predicted octanol–water partition coefficient (Wildman–Crippen LogP) is 2.65.